The molecule has 2 fully saturated rings. The quantitative estimate of drug-likeness (QED) is 0.298. The normalized spacial score (nSPS) is 29.0. The number of aromatic nitrogens is 4. The van der Waals surface area contributed by atoms with E-state index in [0.29, 0.717) is 5.69 Å². The van der Waals surface area contributed by atoms with Crippen molar-refractivity contribution in [3.8, 4) is 0 Å². The lowest BCUT2D eigenvalue weighted by molar-refractivity contribution is -0.0666. The number of ether oxygens (including phenoxy) is 2. The number of imidazole rings is 1. The Morgan fingerprint density at radius 2 is 2.21 bits per heavy atom. The molecule has 0 amide bonds. The zero-order valence-corrected chi connectivity index (χ0v) is 18.0. The van der Waals surface area contributed by atoms with Crippen molar-refractivity contribution in [3.05, 3.63) is 46.5 Å². The maximum atomic E-state index is 13.1. The van der Waals surface area contributed by atoms with E-state index in [0.717, 1.165) is 0 Å². The number of hydrogen-bond acceptors (Lipinski definition) is 11. The molecule has 0 bridgehead atoms. The molecule has 174 valence electrons. The molecule has 0 radical (unpaired) electrons. The topological polar surface area (TPSA) is 193 Å². The predicted molar refractivity (Wildman–Crippen MR) is 112 cm³/mol. The van der Waals surface area contributed by atoms with E-state index in [-0.39, 0.29) is 29.3 Å². The van der Waals surface area contributed by atoms with E-state index in [9.17, 15) is 19.0 Å². The number of hydrogen-bond donors (Lipinski definition) is 4. The number of nitrogens with one attached hydrogen (secondary N) is 2. The van der Waals surface area contributed by atoms with Crippen LogP contribution in [0.2, 0.25) is 0 Å². The lowest BCUT2D eigenvalue weighted by Crippen LogP contribution is -2.41. The number of nitrogens with zero attached hydrogens (tertiary/aromatic N) is 3. The van der Waals surface area contributed by atoms with Gasteiger partial charge in [-0.25, -0.2) is 14.3 Å². The number of H-pyrrole nitrogens is 1. The van der Waals surface area contributed by atoms with Gasteiger partial charge in [-0.15, -0.1) is 0 Å². The molecule has 0 spiro atoms. The fraction of sp³-hybridized carbons (Fsp3) is 0.333. The molecular weight excluding hydrogens is 459 g/mol. The summed E-state index contributed by atoms with van der Waals surface area (Å²) < 4.78 is 35.2. The molecule has 15 heteroatoms. The number of nitrogens with two attached hydrogens (primary N) is 1. The lowest BCUT2D eigenvalue weighted by atomic mass is 10.1. The summed E-state index contributed by atoms with van der Waals surface area (Å²) in [7, 11) is -2.74. The molecule has 2 aromatic heterocycles. The number of esters is 1. The highest BCUT2D eigenvalue weighted by Crippen LogP contribution is 2.53. The monoisotopic (exact) mass is 478 g/mol. The molecule has 3 aromatic rings. The van der Waals surface area contributed by atoms with Gasteiger partial charge in [0.15, 0.2) is 23.5 Å². The third-order valence-electron chi connectivity index (χ3n) is 5.33. The van der Waals surface area contributed by atoms with E-state index in [2.05, 4.69) is 20.3 Å². The smallest absolute Gasteiger partial charge is 0.451 e. The van der Waals surface area contributed by atoms with Crippen LogP contribution in [-0.4, -0.2) is 62.3 Å². The standard InChI is InChI=1S/C18H19N6O8P/c1-20-9-5-3-2-4-8(9)17(26)31-13-12-10(6-29-33(27,28)32-12)30-16(13)24-7-21-11-14(24)22-18(19)23-15(11)25/h2-5,7,10,12-13,16,20H,6H2,1H3,(H,27,28)(H3,19,22,23,25)/t10-,12-,13-,16-/m1/s1. The molecule has 1 aromatic carbocycles. The molecule has 0 aliphatic carbocycles. The van der Waals surface area contributed by atoms with Crippen molar-refractivity contribution in [2.75, 3.05) is 24.7 Å². The first-order valence-corrected chi connectivity index (χ1v) is 11.3. The molecular formula is C18H19N6O8P. The van der Waals surface area contributed by atoms with Gasteiger partial charge in [0.25, 0.3) is 5.56 Å². The van der Waals surface area contributed by atoms with Crippen molar-refractivity contribution in [3.63, 3.8) is 0 Å². The first-order chi connectivity index (χ1) is 15.8. The molecule has 5 N–H and O–H groups in total. The van der Waals surface area contributed by atoms with Crippen LogP contribution in [0.1, 0.15) is 16.6 Å². The summed E-state index contributed by atoms with van der Waals surface area (Å²) in [6.45, 7) is -0.279. The molecule has 2 aliphatic heterocycles. The Kier molecular flexibility index (Phi) is 5.18. The average Bonchev–Trinajstić information content (AvgIpc) is 3.34. The number of nitrogen functional groups attached to an aromatic ring is 1. The lowest BCUT2D eigenvalue weighted by Gasteiger charge is -2.29. The van der Waals surface area contributed by atoms with Crippen LogP contribution >= 0.6 is 7.82 Å². The molecule has 2 aliphatic rings. The molecule has 5 rings (SSSR count). The van der Waals surface area contributed by atoms with Crippen molar-refractivity contribution in [2.45, 2.75) is 24.5 Å². The number of anilines is 2. The van der Waals surface area contributed by atoms with E-state index in [4.69, 9.17) is 24.3 Å². The van der Waals surface area contributed by atoms with Gasteiger partial charge in [-0.2, -0.15) is 4.98 Å². The summed E-state index contributed by atoms with van der Waals surface area (Å²) in [6.07, 6.45) is -3.03. The Hall–Kier alpha value is -3.29. The van der Waals surface area contributed by atoms with Gasteiger partial charge < -0.3 is 25.4 Å². The van der Waals surface area contributed by atoms with Crippen LogP contribution in [0.25, 0.3) is 11.2 Å². The summed E-state index contributed by atoms with van der Waals surface area (Å²) in [5.41, 5.74) is 5.91. The SMILES string of the molecule is CNc1ccccc1C(=O)O[C@@H]1[C@@H]2OP(=O)(O)OC[C@H]2O[C@H]1n1cnc2c(=O)[nH]c(N)nc21. The number of carbonyl (C=O) groups is 1. The van der Waals surface area contributed by atoms with Crippen molar-refractivity contribution in [1.29, 1.82) is 0 Å². The van der Waals surface area contributed by atoms with Gasteiger partial charge in [0.05, 0.1) is 18.5 Å². The maximum Gasteiger partial charge on any atom is 0.472 e. The van der Waals surface area contributed by atoms with E-state index in [1.807, 2.05) is 0 Å². The fourth-order valence-electron chi connectivity index (χ4n) is 3.87. The van der Waals surface area contributed by atoms with Crippen LogP contribution in [-0.2, 0) is 23.1 Å². The van der Waals surface area contributed by atoms with E-state index in [1.165, 1.54) is 10.9 Å². The van der Waals surface area contributed by atoms with E-state index >= 15 is 0 Å². The predicted octanol–water partition coefficient (Wildman–Crippen LogP) is 0.382. The second-order valence-corrected chi connectivity index (χ2v) is 8.75. The zero-order chi connectivity index (χ0) is 23.3. The molecule has 4 heterocycles. The number of phosphoric acid groups is 1. The Labute approximate surface area is 185 Å². The second kappa shape index (κ2) is 7.93. The number of carbonyl (C=O) groups excluding carboxylic acids is 1. The number of fused-ring (bicyclic) bond motifs is 2. The largest absolute Gasteiger partial charge is 0.472 e. The van der Waals surface area contributed by atoms with Crippen LogP contribution in [0.4, 0.5) is 11.6 Å². The number of phosphoric ester groups is 1. The minimum absolute atomic E-state index is 0.0155. The molecule has 5 atom stereocenters. The van der Waals surface area contributed by atoms with E-state index in [1.54, 1.807) is 31.3 Å². The van der Waals surface area contributed by atoms with Gasteiger partial charge in [-0.3, -0.25) is 23.4 Å². The number of para-hydroxylation sites is 1. The molecule has 1 unspecified atom stereocenters. The highest BCUT2D eigenvalue weighted by atomic mass is 31.2. The summed E-state index contributed by atoms with van der Waals surface area (Å²) in [6, 6.07) is 6.66. The summed E-state index contributed by atoms with van der Waals surface area (Å²) >= 11 is 0. The first-order valence-electron chi connectivity index (χ1n) is 9.78. The Bertz CT molecular complexity index is 1340. The summed E-state index contributed by atoms with van der Waals surface area (Å²) in [5.74, 6) is -0.877. The fourth-order valence-corrected chi connectivity index (χ4v) is 4.83. The van der Waals surface area contributed by atoms with Gasteiger partial charge in [0.2, 0.25) is 5.95 Å². The second-order valence-electron chi connectivity index (χ2n) is 7.34. The van der Waals surface area contributed by atoms with Crippen LogP contribution in [0.3, 0.4) is 0 Å². The first kappa shape index (κ1) is 21.6. The van der Waals surface area contributed by atoms with Gasteiger partial charge in [0, 0.05) is 12.7 Å². The van der Waals surface area contributed by atoms with Gasteiger partial charge >= 0.3 is 13.8 Å². The van der Waals surface area contributed by atoms with E-state index < -0.39 is 43.9 Å². The molecule has 14 nitrogen and oxygen atoms in total. The van der Waals surface area contributed by atoms with Gasteiger partial charge in [-0.05, 0) is 12.1 Å². The zero-order valence-electron chi connectivity index (χ0n) is 17.1. The third-order valence-corrected chi connectivity index (χ3v) is 6.31. The Balaban J connectivity index is 1.56. The van der Waals surface area contributed by atoms with Crippen LogP contribution < -0.4 is 16.6 Å². The molecule has 33 heavy (non-hydrogen) atoms. The van der Waals surface area contributed by atoms with Crippen LogP contribution in [0.15, 0.2) is 35.4 Å². The summed E-state index contributed by atoms with van der Waals surface area (Å²) in [4.78, 5) is 45.6. The Morgan fingerprint density at radius 3 is 3.00 bits per heavy atom. The van der Waals surface area contributed by atoms with Crippen molar-refractivity contribution >= 4 is 36.6 Å². The van der Waals surface area contributed by atoms with Gasteiger partial charge in [0.1, 0.15) is 12.2 Å². The maximum absolute atomic E-state index is 13.1. The van der Waals surface area contributed by atoms with Crippen LogP contribution in [0.5, 0.6) is 0 Å². The minimum atomic E-state index is -4.39. The number of aromatic amines is 1. The molecule has 2 saturated heterocycles. The van der Waals surface area contributed by atoms with Gasteiger partial charge in [-0.1, -0.05) is 12.1 Å². The Morgan fingerprint density at radius 1 is 1.42 bits per heavy atom. The highest BCUT2D eigenvalue weighted by molar-refractivity contribution is 7.47. The minimum Gasteiger partial charge on any atom is -0.451 e. The average molecular weight is 478 g/mol. The summed E-state index contributed by atoms with van der Waals surface area (Å²) in [5, 5.41) is 2.90. The number of benzene rings is 1. The van der Waals surface area contributed by atoms with Crippen LogP contribution in [0, 0.1) is 0 Å². The van der Waals surface area contributed by atoms with Crippen molar-refractivity contribution in [2.24, 2.45) is 0 Å². The van der Waals surface area contributed by atoms with Crippen molar-refractivity contribution < 1.29 is 32.8 Å². The third kappa shape index (κ3) is 3.77. The van der Waals surface area contributed by atoms with Crippen molar-refractivity contribution in [1.82, 2.24) is 19.5 Å². The molecule has 0 saturated carbocycles. The number of rotatable bonds is 4. The highest BCUT2D eigenvalue weighted by Gasteiger charge is 2.55.